The second-order valence-corrected chi connectivity index (χ2v) is 4.40. The minimum absolute atomic E-state index is 0.0100. The normalized spacial score (nSPS) is 13.5. The number of carbonyl (C=O) groups excluding carboxylic acids is 1. The lowest BCUT2D eigenvalue weighted by atomic mass is 10.1. The summed E-state index contributed by atoms with van der Waals surface area (Å²) >= 11 is 0. The smallest absolute Gasteiger partial charge is 0.329 e. The van der Waals surface area contributed by atoms with E-state index in [1.54, 1.807) is 6.92 Å². The first-order valence-corrected chi connectivity index (χ1v) is 5.53. The first-order chi connectivity index (χ1) is 8.77. The van der Waals surface area contributed by atoms with Gasteiger partial charge in [-0.3, -0.25) is 10.1 Å². The van der Waals surface area contributed by atoms with Crippen LogP contribution in [0.3, 0.4) is 0 Å². The Balaban J connectivity index is 2.77. The molecule has 1 aromatic carbocycles. The Morgan fingerprint density at radius 2 is 2.16 bits per heavy atom. The number of nitrogens with zero attached hydrogens (tertiary/aromatic N) is 1. The van der Waals surface area contributed by atoms with Crippen molar-refractivity contribution in [3.05, 3.63) is 33.9 Å². The zero-order valence-corrected chi connectivity index (χ0v) is 11.0. The van der Waals surface area contributed by atoms with Crippen LogP contribution < -0.4 is 10.5 Å². The van der Waals surface area contributed by atoms with Gasteiger partial charge >= 0.3 is 5.97 Å². The van der Waals surface area contributed by atoms with Gasteiger partial charge < -0.3 is 15.2 Å². The molecule has 19 heavy (non-hydrogen) atoms. The van der Waals surface area contributed by atoms with E-state index in [-0.39, 0.29) is 12.3 Å². The van der Waals surface area contributed by atoms with Crippen LogP contribution in [0.25, 0.3) is 0 Å². The third-order valence-electron chi connectivity index (χ3n) is 2.56. The Kier molecular flexibility index (Phi) is 4.44. The predicted molar refractivity (Wildman–Crippen MR) is 67.9 cm³/mol. The topological polar surface area (TPSA) is 105 Å². The Labute approximate surface area is 110 Å². The molecule has 0 aliphatic rings. The molecule has 0 aliphatic carbocycles. The Morgan fingerprint density at radius 1 is 1.53 bits per heavy atom. The van der Waals surface area contributed by atoms with E-state index < -0.39 is 16.4 Å². The number of nitro benzene ring substituents is 1. The Bertz CT molecular complexity index is 499. The average molecular weight is 268 g/mol. The number of hydrogen-bond acceptors (Lipinski definition) is 6. The molecule has 0 heterocycles. The summed E-state index contributed by atoms with van der Waals surface area (Å²) in [6, 6.07) is 4.32. The van der Waals surface area contributed by atoms with Crippen molar-refractivity contribution in [1.29, 1.82) is 0 Å². The van der Waals surface area contributed by atoms with E-state index in [1.165, 1.54) is 32.2 Å². The van der Waals surface area contributed by atoms with Crippen LogP contribution in [0.5, 0.6) is 5.75 Å². The number of nitro groups is 1. The third kappa shape index (κ3) is 3.65. The van der Waals surface area contributed by atoms with Crippen molar-refractivity contribution in [1.82, 2.24) is 0 Å². The molecule has 1 rings (SSSR count). The number of esters is 1. The van der Waals surface area contributed by atoms with Gasteiger partial charge in [-0.15, -0.1) is 0 Å². The summed E-state index contributed by atoms with van der Waals surface area (Å²) < 4.78 is 9.91. The molecule has 0 aromatic heterocycles. The van der Waals surface area contributed by atoms with E-state index in [1.807, 2.05) is 0 Å². The summed E-state index contributed by atoms with van der Waals surface area (Å²) in [4.78, 5) is 21.5. The quantitative estimate of drug-likeness (QED) is 0.488. The van der Waals surface area contributed by atoms with Gasteiger partial charge in [0.1, 0.15) is 17.9 Å². The van der Waals surface area contributed by atoms with Gasteiger partial charge in [0, 0.05) is 11.6 Å². The van der Waals surface area contributed by atoms with Crippen LogP contribution in [-0.4, -0.2) is 30.1 Å². The minimum atomic E-state index is -1.27. The van der Waals surface area contributed by atoms with Gasteiger partial charge in [0.05, 0.1) is 12.0 Å². The van der Waals surface area contributed by atoms with Gasteiger partial charge in [0.25, 0.3) is 5.69 Å². The summed E-state index contributed by atoms with van der Waals surface area (Å²) in [5.74, 6) is -0.185. The highest BCUT2D eigenvalue weighted by atomic mass is 16.6. The Hall–Kier alpha value is -2.15. The molecular weight excluding hydrogens is 252 g/mol. The lowest BCUT2D eigenvalue weighted by Gasteiger charge is -2.21. The average Bonchev–Trinajstić information content (AvgIpc) is 2.35. The van der Waals surface area contributed by atoms with Gasteiger partial charge in [-0.2, -0.15) is 0 Å². The summed E-state index contributed by atoms with van der Waals surface area (Å²) in [7, 11) is 1.24. The molecule has 7 heteroatoms. The van der Waals surface area contributed by atoms with Crippen molar-refractivity contribution in [2.75, 3.05) is 13.7 Å². The second kappa shape index (κ2) is 5.66. The standard InChI is InChI=1S/C12H16N2O5/c1-8-6-9(4-5-10(8)14(16)17)19-7-12(2,13)11(15)18-3/h4-6H,7,13H2,1-3H3. The number of benzene rings is 1. The number of carbonyl (C=O) groups is 1. The van der Waals surface area contributed by atoms with Crippen LogP contribution >= 0.6 is 0 Å². The van der Waals surface area contributed by atoms with E-state index in [0.717, 1.165) is 0 Å². The van der Waals surface area contributed by atoms with Crippen molar-refractivity contribution in [3.8, 4) is 5.75 Å². The first-order valence-electron chi connectivity index (χ1n) is 5.53. The molecule has 0 radical (unpaired) electrons. The maximum Gasteiger partial charge on any atom is 0.329 e. The summed E-state index contributed by atoms with van der Waals surface area (Å²) in [6.45, 7) is 3.00. The summed E-state index contributed by atoms with van der Waals surface area (Å²) in [5.41, 5.74) is 4.94. The van der Waals surface area contributed by atoms with E-state index in [9.17, 15) is 14.9 Å². The number of rotatable bonds is 5. The fourth-order valence-electron chi connectivity index (χ4n) is 1.45. The van der Waals surface area contributed by atoms with Gasteiger partial charge in [0.15, 0.2) is 0 Å². The lowest BCUT2D eigenvalue weighted by Crippen LogP contribution is -2.50. The SMILES string of the molecule is COC(=O)C(C)(N)COc1ccc([N+](=O)[O-])c(C)c1. The highest BCUT2D eigenvalue weighted by molar-refractivity contribution is 5.80. The minimum Gasteiger partial charge on any atom is -0.491 e. The molecule has 1 aromatic rings. The molecule has 1 unspecified atom stereocenters. The van der Waals surface area contributed by atoms with Crippen LogP contribution in [0, 0.1) is 17.0 Å². The van der Waals surface area contributed by atoms with E-state index in [4.69, 9.17) is 10.5 Å². The van der Waals surface area contributed by atoms with Gasteiger partial charge in [-0.05, 0) is 26.0 Å². The van der Waals surface area contributed by atoms with Gasteiger partial charge in [-0.1, -0.05) is 0 Å². The second-order valence-electron chi connectivity index (χ2n) is 4.40. The van der Waals surface area contributed by atoms with Crippen molar-refractivity contribution >= 4 is 11.7 Å². The van der Waals surface area contributed by atoms with Crippen molar-refractivity contribution < 1.29 is 19.2 Å². The van der Waals surface area contributed by atoms with Gasteiger partial charge in [-0.25, -0.2) is 4.79 Å². The molecule has 0 amide bonds. The molecule has 0 saturated carbocycles. The molecule has 0 fully saturated rings. The van der Waals surface area contributed by atoms with E-state index in [0.29, 0.717) is 11.3 Å². The molecule has 104 valence electrons. The molecule has 1 atom stereocenters. The number of aryl methyl sites for hydroxylation is 1. The van der Waals surface area contributed by atoms with Crippen LogP contribution in [0.15, 0.2) is 18.2 Å². The molecule has 0 aliphatic heterocycles. The fraction of sp³-hybridized carbons (Fsp3) is 0.417. The predicted octanol–water partition coefficient (Wildman–Crippen LogP) is 1.17. The third-order valence-corrected chi connectivity index (χ3v) is 2.56. The Morgan fingerprint density at radius 3 is 2.63 bits per heavy atom. The van der Waals surface area contributed by atoms with Gasteiger partial charge in [0.2, 0.25) is 0 Å². The molecule has 0 spiro atoms. The van der Waals surface area contributed by atoms with Crippen molar-refractivity contribution in [2.24, 2.45) is 5.73 Å². The maximum absolute atomic E-state index is 11.3. The van der Waals surface area contributed by atoms with Crippen molar-refractivity contribution in [2.45, 2.75) is 19.4 Å². The molecule has 2 N–H and O–H groups in total. The first kappa shape index (κ1) is 14.9. The molecule has 0 bridgehead atoms. The highest BCUT2D eigenvalue weighted by Crippen LogP contribution is 2.23. The van der Waals surface area contributed by atoms with Crippen LogP contribution in [0.2, 0.25) is 0 Å². The lowest BCUT2D eigenvalue weighted by molar-refractivity contribution is -0.385. The van der Waals surface area contributed by atoms with Crippen LogP contribution in [-0.2, 0) is 9.53 Å². The highest BCUT2D eigenvalue weighted by Gasteiger charge is 2.30. The molecule has 0 saturated heterocycles. The zero-order chi connectivity index (χ0) is 14.6. The van der Waals surface area contributed by atoms with Crippen molar-refractivity contribution in [3.63, 3.8) is 0 Å². The zero-order valence-electron chi connectivity index (χ0n) is 11.0. The van der Waals surface area contributed by atoms with Crippen LogP contribution in [0.4, 0.5) is 5.69 Å². The fourth-order valence-corrected chi connectivity index (χ4v) is 1.45. The number of ether oxygens (including phenoxy) is 2. The van der Waals surface area contributed by atoms with E-state index >= 15 is 0 Å². The number of nitrogens with two attached hydrogens (primary N) is 1. The number of hydrogen-bond donors (Lipinski definition) is 1. The molecule has 7 nitrogen and oxygen atoms in total. The molecular formula is C12H16N2O5. The van der Waals surface area contributed by atoms with E-state index in [2.05, 4.69) is 4.74 Å². The maximum atomic E-state index is 11.3. The largest absolute Gasteiger partial charge is 0.491 e. The van der Waals surface area contributed by atoms with Crippen LogP contribution in [0.1, 0.15) is 12.5 Å². The monoisotopic (exact) mass is 268 g/mol. The summed E-state index contributed by atoms with van der Waals surface area (Å²) in [6.07, 6.45) is 0. The number of methoxy groups -OCH3 is 1. The summed E-state index contributed by atoms with van der Waals surface area (Å²) in [5, 5.41) is 10.7.